The van der Waals surface area contributed by atoms with Crippen LogP contribution in [0.1, 0.15) is 78.6 Å². The molecule has 0 spiro atoms. The second-order valence-corrected chi connectivity index (χ2v) is 7.54. The molecule has 1 aliphatic heterocycles. The molecule has 0 aromatic carbocycles. The van der Waals surface area contributed by atoms with Crippen molar-refractivity contribution < 1.29 is 0 Å². The summed E-state index contributed by atoms with van der Waals surface area (Å²) in [6.45, 7) is 10.5. The number of likely N-dealkylation sites (tertiary alicyclic amines) is 1. The molecule has 1 saturated carbocycles. The van der Waals surface area contributed by atoms with Crippen LogP contribution in [0.5, 0.6) is 0 Å². The molecule has 2 N–H and O–H groups in total. The molecule has 2 heteroatoms. The van der Waals surface area contributed by atoms with Gasteiger partial charge in [0.15, 0.2) is 0 Å². The van der Waals surface area contributed by atoms with E-state index in [-0.39, 0.29) is 0 Å². The largest absolute Gasteiger partial charge is 0.329 e. The Hall–Kier alpha value is -0.0800. The zero-order valence-electron chi connectivity index (χ0n) is 14.1. The molecule has 0 atom stereocenters. The van der Waals surface area contributed by atoms with E-state index in [1.165, 1.54) is 70.9 Å². The van der Waals surface area contributed by atoms with Crippen molar-refractivity contribution in [3.8, 4) is 0 Å². The Morgan fingerprint density at radius 2 is 1.70 bits per heavy atom. The number of nitrogens with zero attached hydrogens (tertiary/aromatic N) is 1. The van der Waals surface area contributed by atoms with Crippen LogP contribution in [0.25, 0.3) is 0 Å². The van der Waals surface area contributed by atoms with E-state index in [1.807, 2.05) is 0 Å². The van der Waals surface area contributed by atoms with Crippen LogP contribution in [0, 0.1) is 11.3 Å². The van der Waals surface area contributed by atoms with E-state index in [0.29, 0.717) is 11.0 Å². The summed E-state index contributed by atoms with van der Waals surface area (Å²) in [5, 5.41) is 0. The van der Waals surface area contributed by atoms with E-state index in [1.54, 1.807) is 0 Å². The summed E-state index contributed by atoms with van der Waals surface area (Å²) in [6, 6.07) is 0. The molecule has 20 heavy (non-hydrogen) atoms. The average Bonchev–Trinajstić information content (AvgIpc) is 2.94. The van der Waals surface area contributed by atoms with Gasteiger partial charge >= 0.3 is 0 Å². The zero-order valence-corrected chi connectivity index (χ0v) is 14.1. The van der Waals surface area contributed by atoms with E-state index in [4.69, 9.17) is 5.73 Å². The van der Waals surface area contributed by atoms with Crippen LogP contribution in [0.15, 0.2) is 0 Å². The van der Waals surface area contributed by atoms with Crippen molar-refractivity contribution in [2.24, 2.45) is 17.1 Å². The minimum Gasteiger partial charge on any atom is -0.329 e. The lowest BCUT2D eigenvalue weighted by Crippen LogP contribution is -2.55. The lowest BCUT2D eigenvalue weighted by Gasteiger charge is -2.47. The lowest BCUT2D eigenvalue weighted by atomic mass is 9.74. The van der Waals surface area contributed by atoms with Crippen LogP contribution in [-0.2, 0) is 0 Å². The summed E-state index contributed by atoms with van der Waals surface area (Å²) in [5.74, 6) is 0.976. The molecule has 2 rings (SSSR count). The quantitative estimate of drug-likeness (QED) is 0.790. The molecular formula is C18H36N2. The smallest absolute Gasteiger partial charge is 0.0332 e. The highest BCUT2D eigenvalue weighted by molar-refractivity contribution is 5.01. The monoisotopic (exact) mass is 280 g/mol. The number of hydrogen-bond donors (Lipinski definition) is 1. The molecule has 118 valence electrons. The normalized spacial score (nSPS) is 34.5. The van der Waals surface area contributed by atoms with Gasteiger partial charge < -0.3 is 5.73 Å². The summed E-state index contributed by atoms with van der Waals surface area (Å²) in [4.78, 5) is 2.79. The first kappa shape index (κ1) is 16.3. The Kier molecular flexibility index (Phi) is 5.53. The van der Waals surface area contributed by atoms with Crippen LogP contribution in [0.3, 0.4) is 0 Å². The van der Waals surface area contributed by atoms with Crippen molar-refractivity contribution in [3.05, 3.63) is 0 Å². The van der Waals surface area contributed by atoms with Crippen LogP contribution >= 0.6 is 0 Å². The first-order valence-electron chi connectivity index (χ1n) is 9.09. The fraction of sp³-hybridized carbons (Fsp3) is 1.00. The van der Waals surface area contributed by atoms with Gasteiger partial charge in [0.05, 0.1) is 0 Å². The van der Waals surface area contributed by atoms with E-state index in [0.717, 1.165) is 12.5 Å². The standard InChI is InChI=1S/C18H36N2/c1-4-7-16-8-10-18(14-19,11-9-16)20-13-12-17(5-2,6-3)15-20/h16H,4-15,19H2,1-3H3. The lowest BCUT2D eigenvalue weighted by molar-refractivity contribution is 0.0492. The van der Waals surface area contributed by atoms with E-state index >= 15 is 0 Å². The van der Waals surface area contributed by atoms with Crippen LogP contribution in [-0.4, -0.2) is 30.1 Å². The third kappa shape index (κ3) is 3.06. The highest BCUT2D eigenvalue weighted by Crippen LogP contribution is 2.45. The molecule has 2 aliphatic rings. The molecule has 1 saturated heterocycles. The van der Waals surface area contributed by atoms with Gasteiger partial charge in [0.2, 0.25) is 0 Å². The molecule has 0 amide bonds. The fourth-order valence-electron chi connectivity index (χ4n) is 4.73. The van der Waals surface area contributed by atoms with Crippen molar-refractivity contribution in [1.82, 2.24) is 4.90 Å². The predicted octanol–water partition coefficient (Wildman–Crippen LogP) is 4.19. The molecule has 2 nitrogen and oxygen atoms in total. The van der Waals surface area contributed by atoms with Gasteiger partial charge in [0.1, 0.15) is 0 Å². The summed E-state index contributed by atoms with van der Waals surface area (Å²) < 4.78 is 0. The molecule has 0 bridgehead atoms. The van der Waals surface area contributed by atoms with Crippen LogP contribution in [0.2, 0.25) is 0 Å². The number of rotatable bonds is 6. The highest BCUT2D eigenvalue weighted by Gasteiger charge is 2.45. The van der Waals surface area contributed by atoms with Crippen molar-refractivity contribution in [1.29, 1.82) is 0 Å². The van der Waals surface area contributed by atoms with Gasteiger partial charge in [-0.3, -0.25) is 4.90 Å². The molecule has 0 radical (unpaired) electrons. The Labute approximate surface area is 126 Å². The zero-order chi connectivity index (χ0) is 14.6. The predicted molar refractivity (Wildman–Crippen MR) is 87.9 cm³/mol. The molecule has 0 unspecified atom stereocenters. The van der Waals surface area contributed by atoms with Crippen molar-refractivity contribution in [2.75, 3.05) is 19.6 Å². The number of hydrogen-bond acceptors (Lipinski definition) is 2. The summed E-state index contributed by atoms with van der Waals surface area (Å²) in [5.41, 5.74) is 7.20. The second kappa shape index (κ2) is 6.79. The van der Waals surface area contributed by atoms with Gasteiger partial charge in [-0.25, -0.2) is 0 Å². The van der Waals surface area contributed by atoms with Gasteiger partial charge in [0.25, 0.3) is 0 Å². The third-order valence-electron chi connectivity index (χ3n) is 6.72. The SMILES string of the molecule is CCCC1CCC(CN)(N2CCC(CC)(CC)C2)CC1. The average molecular weight is 280 g/mol. The molecular weight excluding hydrogens is 244 g/mol. The molecule has 1 heterocycles. The van der Waals surface area contributed by atoms with Crippen LogP contribution in [0.4, 0.5) is 0 Å². The van der Waals surface area contributed by atoms with Gasteiger partial charge in [-0.15, -0.1) is 0 Å². The van der Waals surface area contributed by atoms with E-state index < -0.39 is 0 Å². The molecule has 2 fully saturated rings. The summed E-state index contributed by atoms with van der Waals surface area (Å²) >= 11 is 0. The maximum absolute atomic E-state index is 6.27. The maximum Gasteiger partial charge on any atom is 0.0332 e. The summed E-state index contributed by atoms with van der Waals surface area (Å²) in [7, 11) is 0. The fourth-order valence-corrected chi connectivity index (χ4v) is 4.73. The highest BCUT2D eigenvalue weighted by atomic mass is 15.2. The topological polar surface area (TPSA) is 29.3 Å². The Balaban J connectivity index is 1.99. The minimum absolute atomic E-state index is 0.344. The van der Waals surface area contributed by atoms with Gasteiger partial charge in [-0.1, -0.05) is 33.6 Å². The van der Waals surface area contributed by atoms with Crippen molar-refractivity contribution in [2.45, 2.75) is 84.1 Å². The van der Waals surface area contributed by atoms with E-state index in [9.17, 15) is 0 Å². The van der Waals surface area contributed by atoms with E-state index in [2.05, 4.69) is 25.7 Å². The van der Waals surface area contributed by atoms with Gasteiger partial charge in [-0.05, 0) is 62.8 Å². The molecule has 1 aliphatic carbocycles. The maximum atomic E-state index is 6.27. The van der Waals surface area contributed by atoms with Crippen molar-refractivity contribution in [3.63, 3.8) is 0 Å². The van der Waals surface area contributed by atoms with Crippen molar-refractivity contribution >= 4 is 0 Å². The number of nitrogens with two attached hydrogens (primary N) is 1. The summed E-state index contributed by atoms with van der Waals surface area (Å²) in [6.07, 6.45) is 12.3. The van der Waals surface area contributed by atoms with Crippen LogP contribution < -0.4 is 5.73 Å². The molecule has 0 aromatic heterocycles. The molecule has 0 aromatic rings. The Morgan fingerprint density at radius 1 is 1.05 bits per heavy atom. The van der Waals surface area contributed by atoms with Gasteiger partial charge in [0, 0.05) is 18.6 Å². The Morgan fingerprint density at radius 3 is 2.15 bits per heavy atom. The third-order valence-corrected chi connectivity index (χ3v) is 6.72. The first-order chi connectivity index (χ1) is 9.63. The first-order valence-corrected chi connectivity index (χ1v) is 9.09. The van der Waals surface area contributed by atoms with Gasteiger partial charge in [-0.2, -0.15) is 0 Å². The Bertz CT molecular complexity index is 288. The second-order valence-electron chi connectivity index (χ2n) is 7.54. The minimum atomic E-state index is 0.344.